The Morgan fingerprint density at radius 1 is 1.15 bits per heavy atom. The number of guanidine groups is 1. The molecule has 0 spiro atoms. The second kappa shape index (κ2) is 6.14. The maximum absolute atomic E-state index is 5.99. The summed E-state index contributed by atoms with van der Waals surface area (Å²) in [6.07, 6.45) is 0. The number of nitrogens with two attached hydrogens (primary N) is 1. The van der Waals surface area contributed by atoms with Crippen molar-refractivity contribution in [3.63, 3.8) is 0 Å². The van der Waals surface area contributed by atoms with Gasteiger partial charge in [-0.1, -0.05) is 30.3 Å². The van der Waals surface area contributed by atoms with Crippen LogP contribution < -0.4 is 5.73 Å². The lowest BCUT2D eigenvalue weighted by atomic mass is 10.2. The molecule has 0 unspecified atom stereocenters. The third-order valence-corrected chi connectivity index (χ3v) is 2.84. The molecule has 1 aromatic carbocycles. The molecule has 0 amide bonds. The Balaban J connectivity index is 2.13. The normalized spacial score (nSPS) is 11.4. The van der Waals surface area contributed by atoms with E-state index < -0.39 is 0 Å². The van der Waals surface area contributed by atoms with Crippen LogP contribution >= 0.6 is 0 Å². The summed E-state index contributed by atoms with van der Waals surface area (Å²) in [7, 11) is 1.90. The molecule has 2 aromatic rings. The molecule has 0 fully saturated rings. The summed E-state index contributed by atoms with van der Waals surface area (Å²) in [6.45, 7) is 4.52. The lowest BCUT2D eigenvalue weighted by Crippen LogP contribution is -2.33. The van der Waals surface area contributed by atoms with Crippen molar-refractivity contribution in [2.45, 2.75) is 20.4 Å². The van der Waals surface area contributed by atoms with E-state index in [1.54, 1.807) is 0 Å². The molecule has 20 heavy (non-hydrogen) atoms. The minimum Gasteiger partial charge on any atom is -0.369 e. The predicted octanol–water partition coefficient (Wildman–Crippen LogP) is 2.17. The van der Waals surface area contributed by atoms with Crippen molar-refractivity contribution < 1.29 is 0 Å². The number of nitrogens with zero attached hydrogens (tertiary/aromatic N) is 4. The van der Waals surface area contributed by atoms with Gasteiger partial charge in [0.1, 0.15) is 0 Å². The van der Waals surface area contributed by atoms with Crippen LogP contribution in [-0.4, -0.2) is 27.9 Å². The second-order valence-electron chi connectivity index (χ2n) is 4.76. The lowest BCUT2D eigenvalue weighted by molar-refractivity contribution is 0.494. The number of aryl methyl sites for hydroxylation is 2. The van der Waals surface area contributed by atoms with Crippen molar-refractivity contribution >= 4 is 11.9 Å². The first-order valence-corrected chi connectivity index (χ1v) is 6.46. The smallest absolute Gasteiger partial charge is 0.253 e. The molecule has 104 valence electrons. The molecular weight excluding hydrogens is 250 g/mol. The number of aromatic nitrogens is 2. The SMILES string of the molecule is Cc1cc(C)nc(/N=C(/N)N(C)Cc2ccccc2)n1. The third-order valence-electron chi connectivity index (χ3n) is 2.84. The van der Waals surface area contributed by atoms with Gasteiger partial charge >= 0.3 is 0 Å². The predicted molar refractivity (Wildman–Crippen MR) is 80.7 cm³/mol. The van der Waals surface area contributed by atoms with E-state index in [2.05, 4.69) is 27.1 Å². The number of rotatable bonds is 3. The lowest BCUT2D eigenvalue weighted by Gasteiger charge is -2.17. The molecule has 0 aliphatic carbocycles. The van der Waals surface area contributed by atoms with Crippen molar-refractivity contribution in [2.24, 2.45) is 10.7 Å². The van der Waals surface area contributed by atoms with Crippen LogP contribution in [0.4, 0.5) is 5.95 Å². The van der Waals surface area contributed by atoms with Gasteiger partial charge in [0.2, 0.25) is 0 Å². The van der Waals surface area contributed by atoms with Crippen molar-refractivity contribution in [1.82, 2.24) is 14.9 Å². The van der Waals surface area contributed by atoms with Crippen LogP contribution in [0.15, 0.2) is 41.4 Å². The number of hydrogen-bond donors (Lipinski definition) is 1. The fourth-order valence-corrected chi connectivity index (χ4v) is 1.88. The van der Waals surface area contributed by atoms with E-state index >= 15 is 0 Å². The molecular formula is C15H19N5. The largest absolute Gasteiger partial charge is 0.369 e. The van der Waals surface area contributed by atoms with E-state index in [1.165, 1.54) is 5.56 Å². The number of hydrogen-bond acceptors (Lipinski definition) is 3. The topological polar surface area (TPSA) is 67.4 Å². The first kappa shape index (κ1) is 14.0. The van der Waals surface area contributed by atoms with E-state index in [0.29, 0.717) is 18.5 Å². The summed E-state index contributed by atoms with van der Waals surface area (Å²) < 4.78 is 0. The zero-order valence-corrected chi connectivity index (χ0v) is 12.0. The van der Waals surface area contributed by atoms with Crippen molar-refractivity contribution in [3.8, 4) is 0 Å². The molecule has 0 saturated carbocycles. The van der Waals surface area contributed by atoms with E-state index in [4.69, 9.17) is 5.73 Å². The molecule has 0 saturated heterocycles. The van der Waals surface area contributed by atoms with Crippen molar-refractivity contribution in [1.29, 1.82) is 0 Å². The number of benzene rings is 1. The third kappa shape index (κ3) is 3.78. The van der Waals surface area contributed by atoms with E-state index in [9.17, 15) is 0 Å². The second-order valence-corrected chi connectivity index (χ2v) is 4.76. The van der Waals surface area contributed by atoms with Gasteiger partial charge in [0.25, 0.3) is 5.95 Å². The Kier molecular flexibility index (Phi) is 4.30. The molecule has 5 heteroatoms. The minimum absolute atomic E-state index is 0.402. The summed E-state index contributed by atoms with van der Waals surface area (Å²) in [4.78, 5) is 14.7. The van der Waals surface area contributed by atoms with Crippen LogP contribution in [0, 0.1) is 13.8 Å². The molecule has 1 aromatic heterocycles. The average Bonchev–Trinajstić information content (AvgIpc) is 2.38. The molecule has 0 aliphatic rings. The first-order valence-electron chi connectivity index (χ1n) is 6.46. The average molecular weight is 269 g/mol. The van der Waals surface area contributed by atoms with Gasteiger partial charge in [-0.15, -0.1) is 0 Å². The number of aliphatic imine (C=N–C) groups is 1. The summed E-state index contributed by atoms with van der Waals surface area (Å²) >= 11 is 0. The van der Waals surface area contributed by atoms with E-state index in [1.807, 2.05) is 50.1 Å². The Morgan fingerprint density at radius 2 is 1.75 bits per heavy atom. The van der Waals surface area contributed by atoms with Gasteiger partial charge < -0.3 is 10.6 Å². The molecule has 1 heterocycles. The fraction of sp³-hybridized carbons (Fsp3) is 0.267. The van der Waals surface area contributed by atoms with Gasteiger partial charge in [0, 0.05) is 25.0 Å². The van der Waals surface area contributed by atoms with Crippen LogP contribution in [0.2, 0.25) is 0 Å². The summed E-state index contributed by atoms with van der Waals surface area (Å²) in [5.74, 6) is 0.804. The van der Waals surface area contributed by atoms with Crippen LogP contribution in [-0.2, 0) is 6.54 Å². The molecule has 0 bridgehead atoms. The van der Waals surface area contributed by atoms with Crippen LogP contribution in [0.1, 0.15) is 17.0 Å². The van der Waals surface area contributed by atoms with Gasteiger partial charge in [-0.2, -0.15) is 4.99 Å². The zero-order valence-electron chi connectivity index (χ0n) is 12.0. The summed E-state index contributed by atoms with van der Waals surface area (Å²) in [5.41, 5.74) is 8.94. The highest BCUT2D eigenvalue weighted by molar-refractivity contribution is 5.79. The van der Waals surface area contributed by atoms with Crippen LogP contribution in [0.3, 0.4) is 0 Å². The van der Waals surface area contributed by atoms with Crippen LogP contribution in [0.5, 0.6) is 0 Å². The van der Waals surface area contributed by atoms with Gasteiger partial charge in [0.05, 0.1) is 0 Å². The van der Waals surface area contributed by atoms with Crippen molar-refractivity contribution in [3.05, 3.63) is 53.3 Å². The quantitative estimate of drug-likeness (QED) is 0.685. The zero-order chi connectivity index (χ0) is 14.5. The Bertz CT molecular complexity index is 587. The first-order chi connectivity index (χ1) is 9.54. The molecule has 2 N–H and O–H groups in total. The Labute approximate surface area is 119 Å². The molecule has 0 aliphatic heterocycles. The Morgan fingerprint density at radius 3 is 2.35 bits per heavy atom. The van der Waals surface area contributed by atoms with Crippen LogP contribution in [0.25, 0.3) is 0 Å². The van der Waals surface area contributed by atoms with Gasteiger partial charge in [-0.05, 0) is 25.5 Å². The highest BCUT2D eigenvalue weighted by Crippen LogP contribution is 2.08. The highest BCUT2D eigenvalue weighted by Gasteiger charge is 2.05. The molecule has 0 radical (unpaired) electrons. The monoisotopic (exact) mass is 269 g/mol. The van der Waals surface area contributed by atoms with E-state index in [-0.39, 0.29) is 0 Å². The Hall–Kier alpha value is -2.43. The maximum Gasteiger partial charge on any atom is 0.253 e. The standard InChI is InChI=1S/C15H19N5/c1-11-9-12(2)18-15(17-11)19-14(16)20(3)10-13-7-5-4-6-8-13/h4-9H,10H2,1-3H3,(H2,16,17,18,19). The molecule has 0 atom stereocenters. The van der Waals surface area contributed by atoms with Gasteiger partial charge in [-0.25, -0.2) is 9.97 Å². The minimum atomic E-state index is 0.402. The summed E-state index contributed by atoms with van der Waals surface area (Å²) in [5, 5.41) is 0. The van der Waals surface area contributed by atoms with Gasteiger partial charge in [-0.3, -0.25) is 0 Å². The van der Waals surface area contributed by atoms with Gasteiger partial charge in [0.15, 0.2) is 5.96 Å². The highest BCUT2D eigenvalue weighted by atomic mass is 15.3. The summed E-state index contributed by atoms with van der Waals surface area (Å²) in [6, 6.07) is 12.0. The molecule has 5 nitrogen and oxygen atoms in total. The maximum atomic E-state index is 5.99. The fourth-order valence-electron chi connectivity index (χ4n) is 1.88. The van der Waals surface area contributed by atoms with E-state index in [0.717, 1.165) is 11.4 Å². The van der Waals surface area contributed by atoms with Crippen molar-refractivity contribution in [2.75, 3.05) is 7.05 Å². The molecule has 2 rings (SSSR count).